The fourth-order valence-corrected chi connectivity index (χ4v) is 2.75. The van der Waals surface area contributed by atoms with Crippen LogP contribution in [0.1, 0.15) is 19.3 Å². The Morgan fingerprint density at radius 1 is 1.20 bits per heavy atom. The van der Waals surface area contributed by atoms with Gasteiger partial charge in [0.25, 0.3) is 5.91 Å². The summed E-state index contributed by atoms with van der Waals surface area (Å²) in [5.74, 6) is 0.0585. The summed E-state index contributed by atoms with van der Waals surface area (Å²) in [5, 5.41) is 6.50. The summed E-state index contributed by atoms with van der Waals surface area (Å²) < 4.78 is 0. The van der Waals surface area contributed by atoms with Gasteiger partial charge in [0.1, 0.15) is 5.70 Å². The van der Waals surface area contributed by atoms with E-state index in [2.05, 4.69) is 21.5 Å². The van der Waals surface area contributed by atoms with Crippen LogP contribution in [0.3, 0.4) is 0 Å². The van der Waals surface area contributed by atoms with Gasteiger partial charge in [0, 0.05) is 12.1 Å². The van der Waals surface area contributed by atoms with Gasteiger partial charge in [-0.25, -0.2) is 5.43 Å². The molecule has 1 fully saturated rings. The molecule has 0 radical (unpaired) electrons. The molecule has 0 unspecified atom stereocenters. The molecular weight excluding hydrogens is 192 g/mol. The largest absolute Gasteiger partial charge is 0.345 e. The Bertz CT molecular complexity index is 330. The van der Waals surface area contributed by atoms with Crippen LogP contribution in [0, 0.1) is 0 Å². The fourth-order valence-electron chi connectivity index (χ4n) is 2.75. The van der Waals surface area contributed by atoms with Gasteiger partial charge >= 0.3 is 0 Å². The first-order valence-electron chi connectivity index (χ1n) is 5.53. The predicted octanol–water partition coefficient (Wildman–Crippen LogP) is -1.01. The van der Waals surface area contributed by atoms with Crippen LogP contribution < -0.4 is 21.5 Å². The molecule has 15 heavy (non-hydrogen) atoms. The lowest BCUT2D eigenvalue weighted by Gasteiger charge is -2.41. The number of hydrogen-bond acceptors (Lipinski definition) is 4. The molecule has 3 rings (SSSR count). The van der Waals surface area contributed by atoms with Crippen LogP contribution in [0.4, 0.5) is 0 Å². The van der Waals surface area contributed by atoms with Gasteiger partial charge < -0.3 is 16.1 Å². The zero-order chi connectivity index (χ0) is 10.3. The van der Waals surface area contributed by atoms with Gasteiger partial charge in [-0.2, -0.15) is 0 Å². The van der Waals surface area contributed by atoms with Crippen molar-refractivity contribution in [2.75, 3.05) is 19.6 Å². The molecule has 3 heterocycles. The van der Waals surface area contributed by atoms with E-state index < -0.39 is 0 Å². The van der Waals surface area contributed by atoms with Gasteiger partial charge in [-0.15, -0.1) is 0 Å². The molecule has 0 aromatic carbocycles. The van der Waals surface area contributed by atoms with Gasteiger partial charge in [-0.3, -0.25) is 4.79 Å². The van der Waals surface area contributed by atoms with E-state index in [0.29, 0.717) is 0 Å². The lowest BCUT2D eigenvalue weighted by atomic mass is 9.79. The van der Waals surface area contributed by atoms with E-state index in [1.54, 1.807) is 0 Å². The number of amides is 1. The molecule has 0 aromatic heterocycles. The highest BCUT2D eigenvalue weighted by atomic mass is 16.2. The summed E-state index contributed by atoms with van der Waals surface area (Å²) in [6, 6.07) is 0. The van der Waals surface area contributed by atoms with Gasteiger partial charge in [0.05, 0.1) is 0 Å². The maximum absolute atomic E-state index is 11.9. The minimum absolute atomic E-state index is 0.0227. The van der Waals surface area contributed by atoms with Crippen molar-refractivity contribution in [2.45, 2.75) is 24.8 Å². The zero-order valence-corrected chi connectivity index (χ0v) is 8.65. The lowest BCUT2D eigenvalue weighted by Crippen LogP contribution is -2.57. The number of carbonyl (C=O) groups is 1. The standard InChI is InChI=1S/C10H16N4O/c15-9-8-7(6-12-14-8)5-10(13-9)1-3-11-4-2-10/h11-12,14H,1-6H2,(H,13,15). The van der Waals surface area contributed by atoms with Crippen molar-refractivity contribution >= 4 is 5.91 Å². The van der Waals surface area contributed by atoms with Crippen molar-refractivity contribution in [1.29, 1.82) is 0 Å². The van der Waals surface area contributed by atoms with Crippen molar-refractivity contribution in [1.82, 2.24) is 21.5 Å². The third-order valence-electron chi connectivity index (χ3n) is 3.59. The van der Waals surface area contributed by atoms with Crippen LogP contribution in [-0.4, -0.2) is 31.1 Å². The molecule has 0 saturated carbocycles. The summed E-state index contributed by atoms with van der Waals surface area (Å²) in [7, 11) is 0. The topological polar surface area (TPSA) is 65.2 Å². The first kappa shape index (κ1) is 9.18. The SMILES string of the molecule is O=C1NC2(CCNCC2)CC2=C1NNC2. The third kappa shape index (κ3) is 1.42. The highest BCUT2D eigenvalue weighted by Gasteiger charge is 2.41. The zero-order valence-electron chi connectivity index (χ0n) is 8.65. The molecule has 3 aliphatic heterocycles. The number of piperidine rings is 1. The predicted molar refractivity (Wildman–Crippen MR) is 55.8 cm³/mol. The Morgan fingerprint density at radius 2 is 2.00 bits per heavy atom. The van der Waals surface area contributed by atoms with E-state index in [9.17, 15) is 4.79 Å². The summed E-state index contributed by atoms with van der Waals surface area (Å²) >= 11 is 0. The number of carbonyl (C=O) groups excluding carboxylic acids is 1. The van der Waals surface area contributed by atoms with Crippen LogP contribution >= 0.6 is 0 Å². The Morgan fingerprint density at radius 3 is 2.80 bits per heavy atom. The molecule has 0 aliphatic carbocycles. The van der Waals surface area contributed by atoms with Crippen molar-refractivity contribution in [3.63, 3.8) is 0 Å². The molecule has 82 valence electrons. The average Bonchev–Trinajstić information content (AvgIpc) is 2.67. The molecule has 0 aromatic rings. The quantitative estimate of drug-likeness (QED) is 0.412. The summed E-state index contributed by atoms with van der Waals surface area (Å²) in [6.45, 7) is 2.81. The maximum Gasteiger partial charge on any atom is 0.269 e. The molecular formula is C10H16N4O. The molecule has 1 spiro atoms. The van der Waals surface area contributed by atoms with E-state index in [1.165, 1.54) is 5.57 Å². The smallest absolute Gasteiger partial charge is 0.269 e. The third-order valence-corrected chi connectivity index (χ3v) is 3.59. The summed E-state index contributed by atoms with van der Waals surface area (Å²) in [6.07, 6.45) is 3.07. The minimum atomic E-state index is 0.0227. The molecule has 5 heteroatoms. The van der Waals surface area contributed by atoms with Crippen LogP contribution in [0.25, 0.3) is 0 Å². The molecule has 0 atom stereocenters. The highest BCUT2D eigenvalue weighted by molar-refractivity contribution is 5.95. The van der Waals surface area contributed by atoms with Gasteiger partial charge in [-0.05, 0) is 37.9 Å². The minimum Gasteiger partial charge on any atom is -0.345 e. The molecule has 1 saturated heterocycles. The second-order valence-electron chi connectivity index (χ2n) is 4.62. The Balaban J connectivity index is 1.87. The lowest BCUT2D eigenvalue weighted by molar-refractivity contribution is -0.120. The Labute approximate surface area is 88.6 Å². The average molecular weight is 208 g/mol. The van der Waals surface area contributed by atoms with E-state index in [4.69, 9.17) is 0 Å². The Kier molecular flexibility index (Phi) is 1.97. The van der Waals surface area contributed by atoms with Crippen molar-refractivity contribution in [2.24, 2.45) is 0 Å². The number of hydrazine groups is 1. The second-order valence-corrected chi connectivity index (χ2v) is 4.62. The molecule has 5 nitrogen and oxygen atoms in total. The summed E-state index contributed by atoms with van der Waals surface area (Å²) in [5.41, 5.74) is 7.96. The highest BCUT2D eigenvalue weighted by Crippen LogP contribution is 2.31. The van der Waals surface area contributed by atoms with Crippen LogP contribution in [0.2, 0.25) is 0 Å². The molecule has 1 amide bonds. The number of nitrogens with one attached hydrogen (secondary N) is 4. The first-order chi connectivity index (χ1) is 7.29. The number of hydrogen-bond donors (Lipinski definition) is 4. The fraction of sp³-hybridized carbons (Fsp3) is 0.700. The first-order valence-corrected chi connectivity index (χ1v) is 5.53. The van der Waals surface area contributed by atoms with Gasteiger partial charge in [-0.1, -0.05) is 0 Å². The van der Waals surface area contributed by atoms with E-state index in [-0.39, 0.29) is 11.4 Å². The van der Waals surface area contributed by atoms with E-state index >= 15 is 0 Å². The second kappa shape index (κ2) is 3.21. The van der Waals surface area contributed by atoms with Crippen LogP contribution in [-0.2, 0) is 4.79 Å². The maximum atomic E-state index is 11.9. The molecule has 3 aliphatic rings. The van der Waals surface area contributed by atoms with Crippen LogP contribution in [0.15, 0.2) is 11.3 Å². The van der Waals surface area contributed by atoms with Crippen molar-refractivity contribution in [3.05, 3.63) is 11.3 Å². The normalized spacial score (nSPS) is 28.7. The van der Waals surface area contributed by atoms with Crippen LogP contribution in [0.5, 0.6) is 0 Å². The molecule has 0 bridgehead atoms. The summed E-state index contributed by atoms with van der Waals surface area (Å²) in [4.78, 5) is 11.9. The van der Waals surface area contributed by atoms with Crippen molar-refractivity contribution in [3.8, 4) is 0 Å². The number of rotatable bonds is 0. The van der Waals surface area contributed by atoms with E-state index in [0.717, 1.165) is 44.6 Å². The van der Waals surface area contributed by atoms with Crippen molar-refractivity contribution < 1.29 is 4.79 Å². The van der Waals surface area contributed by atoms with Gasteiger partial charge in [0.15, 0.2) is 0 Å². The molecule has 4 N–H and O–H groups in total. The Hall–Kier alpha value is -1.07. The van der Waals surface area contributed by atoms with Gasteiger partial charge in [0.2, 0.25) is 0 Å². The monoisotopic (exact) mass is 208 g/mol. The van der Waals surface area contributed by atoms with E-state index in [1.807, 2.05) is 0 Å².